The fourth-order valence-corrected chi connectivity index (χ4v) is 14.9. The van der Waals surface area contributed by atoms with E-state index in [1.165, 1.54) is 122 Å². The molecule has 5 aliphatic rings. The molecular formula is C69H86N2. The van der Waals surface area contributed by atoms with Crippen LogP contribution in [0.3, 0.4) is 0 Å². The maximum Gasteiger partial charge on any atom is 0.0520 e. The molecule has 4 atom stereocenters. The van der Waals surface area contributed by atoms with Crippen molar-refractivity contribution in [2.45, 2.75) is 202 Å². The highest BCUT2D eigenvalue weighted by Crippen LogP contribution is 2.84. The molecule has 2 nitrogen and oxygen atoms in total. The van der Waals surface area contributed by atoms with Gasteiger partial charge in [-0.2, -0.15) is 0 Å². The third kappa shape index (κ3) is 7.52. The quantitative estimate of drug-likeness (QED) is 0.121. The number of nitrogens with zero attached hydrogens (tertiary/aromatic N) is 2. The molecule has 71 heavy (non-hydrogen) atoms. The van der Waals surface area contributed by atoms with Crippen LogP contribution in [0.15, 0.2) is 109 Å². The van der Waals surface area contributed by atoms with E-state index in [9.17, 15) is 0 Å². The van der Waals surface area contributed by atoms with E-state index in [1.54, 1.807) is 11.1 Å². The number of anilines is 6. The molecule has 5 aliphatic carbocycles. The highest BCUT2D eigenvalue weighted by molar-refractivity contribution is 5.88. The van der Waals surface area contributed by atoms with Crippen LogP contribution >= 0.6 is 0 Å². The first-order valence-electron chi connectivity index (χ1n) is 27.9. The number of rotatable bonds is 12. The van der Waals surface area contributed by atoms with Crippen LogP contribution in [-0.2, 0) is 27.1 Å². The Hall–Kier alpha value is -5.08. The molecule has 0 N–H and O–H groups in total. The highest BCUT2D eigenvalue weighted by atomic mass is 15.2. The lowest BCUT2D eigenvalue weighted by Gasteiger charge is -2.78. The van der Waals surface area contributed by atoms with Crippen molar-refractivity contribution >= 4 is 34.1 Å². The van der Waals surface area contributed by atoms with Crippen LogP contribution in [0.2, 0.25) is 0 Å². The second kappa shape index (κ2) is 17.3. The summed E-state index contributed by atoms with van der Waals surface area (Å²) in [6, 6.07) is 44.6. The predicted molar refractivity (Wildman–Crippen MR) is 307 cm³/mol. The summed E-state index contributed by atoms with van der Waals surface area (Å²) in [4.78, 5) is 5.24. The van der Waals surface area contributed by atoms with Gasteiger partial charge in [0.15, 0.2) is 0 Å². The van der Waals surface area contributed by atoms with Crippen molar-refractivity contribution < 1.29 is 0 Å². The van der Waals surface area contributed by atoms with E-state index in [2.05, 4.69) is 230 Å². The maximum atomic E-state index is 2.70. The molecule has 11 rings (SSSR count). The monoisotopic (exact) mass is 943 g/mol. The molecule has 0 unspecified atom stereocenters. The Labute approximate surface area is 430 Å². The van der Waals surface area contributed by atoms with Gasteiger partial charge in [0, 0.05) is 28.2 Å². The standard InChI is InChI=1S/C69H86N2/c1-17-66(15,18-2)48-21-26-53(27-22-48)70(62-44(5)37-51(38-45(62)6)64(9,10)11)55-30-32-57-58-33-31-56(42-61(58)69-36-35-68(69)43-50(69)25-34-60(68)59(57)41-55)71(54-28-23-49(24-29-54)67(16,19-3)20-4)63-46(7)39-52(40-47(63)8)65(12,13)14/h21-24,26-33,37-42,50,60H,17-20,25,34-36,43H2,1-16H3/t50-,60+,68-,69+/m1/s1. The van der Waals surface area contributed by atoms with Crippen LogP contribution in [0.4, 0.5) is 34.1 Å². The summed E-state index contributed by atoms with van der Waals surface area (Å²) in [5.74, 6) is 1.29. The molecule has 0 heterocycles. The predicted octanol–water partition coefficient (Wildman–Crippen LogP) is 20.2. The molecule has 4 fully saturated rings. The van der Waals surface area contributed by atoms with Gasteiger partial charge in [0.25, 0.3) is 0 Å². The van der Waals surface area contributed by atoms with Crippen molar-refractivity contribution in [1.29, 1.82) is 0 Å². The molecule has 6 aromatic carbocycles. The number of hydrogen-bond acceptors (Lipinski definition) is 2. The molecule has 0 aromatic heterocycles. The first-order chi connectivity index (χ1) is 33.6. The number of benzene rings is 6. The smallest absolute Gasteiger partial charge is 0.0520 e. The average molecular weight is 943 g/mol. The molecule has 1 spiro atoms. The van der Waals surface area contributed by atoms with Crippen molar-refractivity contribution in [3.05, 3.63) is 165 Å². The third-order valence-corrected chi connectivity index (χ3v) is 20.3. The van der Waals surface area contributed by atoms with Crippen LogP contribution in [-0.4, -0.2) is 0 Å². The lowest BCUT2D eigenvalue weighted by atomic mass is 9.25. The zero-order valence-corrected chi connectivity index (χ0v) is 46.8. The fourth-order valence-electron chi connectivity index (χ4n) is 14.9. The van der Waals surface area contributed by atoms with Gasteiger partial charge in [0.2, 0.25) is 0 Å². The molecule has 0 radical (unpaired) electrons. The summed E-state index contributed by atoms with van der Waals surface area (Å²) in [5, 5.41) is 0. The molecule has 4 saturated carbocycles. The summed E-state index contributed by atoms with van der Waals surface area (Å²) in [6.07, 6.45) is 11.1. The van der Waals surface area contributed by atoms with Crippen molar-refractivity contribution in [2.24, 2.45) is 11.3 Å². The molecule has 0 amide bonds. The zero-order valence-electron chi connectivity index (χ0n) is 46.8. The van der Waals surface area contributed by atoms with E-state index < -0.39 is 0 Å². The van der Waals surface area contributed by atoms with E-state index in [0.717, 1.165) is 31.6 Å². The third-order valence-electron chi connectivity index (χ3n) is 20.3. The minimum atomic E-state index is 0.0699. The first-order valence-corrected chi connectivity index (χ1v) is 27.9. The summed E-state index contributed by atoms with van der Waals surface area (Å²) in [5.41, 5.74) is 25.8. The van der Waals surface area contributed by atoms with Gasteiger partial charge >= 0.3 is 0 Å². The topological polar surface area (TPSA) is 6.48 Å². The van der Waals surface area contributed by atoms with Gasteiger partial charge in [-0.1, -0.05) is 144 Å². The molecule has 2 heteroatoms. The highest BCUT2D eigenvalue weighted by Gasteiger charge is 2.76. The first kappa shape index (κ1) is 49.5. The Balaban J connectivity index is 1.16. The minimum absolute atomic E-state index is 0.0699. The Kier molecular flexibility index (Phi) is 12.0. The zero-order chi connectivity index (χ0) is 50.8. The Morgan fingerprint density at radius 3 is 1.25 bits per heavy atom. The van der Waals surface area contributed by atoms with E-state index in [1.807, 2.05) is 0 Å². The second-order valence-electron chi connectivity index (χ2n) is 25.9. The average Bonchev–Trinajstić information content (AvgIpc) is 3.38. The van der Waals surface area contributed by atoms with Crippen molar-refractivity contribution in [2.75, 3.05) is 9.80 Å². The molecule has 0 aliphatic heterocycles. The largest absolute Gasteiger partial charge is 0.310 e. The van der Waals surface area contributed by atoms with Crippen molar-refractivity contribution in [1.82, 2.24) is 0 Å². The molecule has 6 aromatic rings. The number of hydrogen-bond donors (Lipinski definition) is 0. The van der Waals surface area contributed by atoms with Crippen LogP contribution in [0.5, 0.6) is 0 Å². The maximum absolute atomic E-state index is 2.70. The lowest BCUT2D eigenvalue weighted by molar-refractivity contribution is -0.216. The molecular weight excluding hydrogens is 857 g/mol. The summed E-state index contributed by atoms with van der Waals surface area (Å²) in [6.45, 7) is 37.6. The van der Waals surface area contributed by atoms with Crippen LogP contribution < -0.4 is 9.80 Å². The van der Waals surface area contributed by atoms with Crippen LogP contribution in [0.1, 0.15) is 202 Å². The van der Waals surface area contributed by atoms with Gasteiger partial charge < -0.3 is 9.80 Å². The van der Waals surface area contributed by atoms with E-state index in [4.69, 9.17) is 0 Å². The van der Waals surface area contributed by atoms with E-state index >= 15 is 0 Å². The van der Waals surface area contributed by atoms with E-state index in [0.29, 0.717) is 11.3 Å². The van der Waals surface area contributed by atoms with Crippen LogP contribution in [0, 0.1) is 39.0 Å². The van der Waals surface area contributed by atoms with Gasteiger partial charge in [0.05, 0.1) is 11.4 Å². The second-order valence-corrected chi connectivity index (χ2v) is 25.9. The summed E-state index contributed by atoms with van der Waals surface area (Å²) >= 11 is 0. The Morgan fingerprint density at radius 1 is 0.451 bits per heavy atom. The van der Waals surface area contributed by atoms with Crippen LogP contribution in [0.25, 0.3) is 11.1 Å². The Morgan fingerprint density at radius 2 is 0.859 bits per heavy atom. The van der Waals surface area contributed by atoms with Crippen molar-refractivity contribution in [3.63, 3.8) is 0 Å². The fraction of sp³-hybridized carbons (Fsp3) is 0.478. The SMILES string of the molecule is CCC(C)(CC)c1ccc(N(c2ccc3c(c2)[C@@H]2CC[C@@H]4C[C@]25CC[C@@]45c2cc(N(c4ccc(C(C)(CC)CC)cc4)c4c(C)cc(C(C)(C)C)cc4C)ccc2-3)c2c(C)cc(C(C)(C)C)cc2C)cc1. The summed E-state index contributed by atoms with van der Waals surface area (Å²) in [7, 11) is 0. The van der Waals surface area contributed by atoms with Crippen molar-refractivity contribution in [3.8, 4) is 11.1 Å². The Bertz CT molecular complexity index is 2950. The van der Waals surface area contributed by atoms with Gasteiger partial charge in [-0.25, -0.2) is 0 Å². The minimum Gasteiger partial charge on any atom is -0.310 e. The van der Waals surface area contributed by atoms with E-state index in [-0.39, 0.29) is 27.1 Å². The number of aryl methyl sites for hydroxylation is 4. The van der Waals surface area contributed by atoms with Gasteiger partial charge in [-0.05, 0) is 240 Å². The lowest BCUT2D eigenvalue weighted by Crippen LogP contribution is -2.72. The number of fused-ring (bicyclic) bond motifs is 4. The van der Waals surface area contributed by atoms with Gasteiger partial charge in [0.1, 0.15) is 0 Å². The molecule has 0 saturated heterocycles. The normalized spacial score (nSPS) is 21.3. The molecule has 4 bridgehead atoms. The van der Waals surface area contributed by atoms with Gasteiger partial charge in [-0.15, -0.1) is 0 Å². The van der Waals surface area contributed by atoms with Gasteiger partial charge in [-0.3, -0.25) is 0 Å². The molecule has 372 valence electrons. The summed E-state index contributed by atoms with van der Waals surface area (Å²) < 4.78 is 0.